The van der Waals surface area contributed by atoms with Gasteiger partial charge in [-0.2, -0.15) is 0 Å². The lowest BCUT2D eigenvalue weighted by Gasteiger charge is -2.40. The molecule has 9 nitrogen and oxygen atoms in total. The van der Waals surface area contributed by atoms with Crippen LogP contribution < -0.4 is 11.1 Å². The monoisotopic (exact) mass is 544 g/mol. The summed E-state index contributed by atoms with van der Waals surface area (Å²) >= 11 is 1.13. The molecule has 1 aliphatic rings. The number of aryl methyl sites for hydroxylation is 1. The Morgan fingerprint density at radius 2 is 1.74 bits per heavy atom. The van der Waals surface area contributed by atoms with E-state index >= 15 is 0 Å². The Hall–Kier alpha value is -2.89. The summed E-state index contributed by atoms with van der Waals surface area (Å²) in [5.74, 6) is -0.943. The first kappa shape index (κ1) is 29.7. The molecule has 1 heterocycles. The fourth-order valence-corrected chi connectivity index (χ4v) is 5.71. The number of carbonyl (C=O) groups is 2. The number of aromatic hydroxyl groups is 1. The average molecular weight is 545 g/mol. The molecule has 0 unspecified atom stereocenters. The summed E-state index contributed by atoms with van der Waals surface area (Å²) in [6.45, 7) is 4.59. The molecule has 1 fully saturated rings. The first-order valence-corrected chi connectivity index (χ1v) is 13.3. The van der Waals surface area contributed by atoms with Crippen LogP contribution in [-0.4, -0.2) is 73.1 Å². The second-order valence-corrected chi connectivity index (χ2v) is 11.5. The van der Waals surface area contributed by atoms with E-state index in [1.165, 1.54) is 0 Å². The molecule has 0 saturated carbocycles. The average Bonchev–Trinajstić information content (AvgIpc) is 2.85. The van der Waals surface area contributed by atoms with E-state index in [-0.39, 0.29) is 24.7 Å². The third kappa shape index (κ3) is 6.95. The molecule has 2 amide bonds. The Kier molecular flexibility index (Phi) is 9.61. The van der Waals surface area contributed by atoms with Crippen LogP contribution in [0.25, 0.3) is 6.08 Å². The van der Waals surface area contributed by atoms with Gasteiger partial charge in [0.25, 0.3) is 0 Å². The lowest BCUT2D eigenvalue weighted by atomic mass is 9.92. The number of rotatable bonds is 9. The van der Waals surface area contributed by atoms with E-state index in [1.54, 1.807) is 32.1 Å². The number of phenols is 1. The predicted octanol–water partition coefficient (Wildman–Crippen LogP) is 1.31. The maximum Gasteiger partial charge on any atom is 0.242 e. The molecule has 3 rings (SSSR count). The van der Waals surface area contributed by atoms with E-state index in [4.69, 9.17) is 5.73 Å². The SMILES string of the molecule is Cc1cc(O)c([C@@H]2S[C@H](CO)[C@@H](O)[C@H](O)[C@H]2O)cc1Cc1ccc(/C=C/CC(=O)NC(C)(C)C(N)=O)cc1. The number of carbonyl (C=O) groups excluding carboxylic acids is 2. The van der Waals surface area contributed by atoms with Crippen molar-refractivity contribution in [3.05, 3.63) is 70.3 Å². The number of aliphatic hydroxyl groups excluding tert-OH is 4. The molecule has 0 radical (unpaired) electrons. The van der Waals surface area contributed by atoms with Crippen molar-refractivity contribution >= 4 is 29.7 Å². The van der Waals surface area contributed by atoms with E-state index < -0.39 is 40.3 Å². The number of amides is 2. The van der Waals surface area contributed by atoms with Crippen molar-refractivity contribution in [2.24, 2.45) is 5.73 Å². The fraction of sp³-hybridized carbons (Fsp3) is 0.429. The highest BCUT2D eigenvalue weighted by molar-refractivity contribution is 8.00. The van der Waals surface area contributed by atoms with E-state index in [1.807, 2.05) is 37.3 Å². The number of primary amides is 1. The second kappa shape index (κ2) is 12.3. The zero-order chi connectivity index (χ0) is 28.2. The van der Waals surface area contributed by atoms with Gasteiger partial charge in [0.1, 0.15) is 17.4 Å². The Bertz CT molecular complexity index is 1180. The van der Waals surface area contributed by atoms with Gasteiger partial charge in [0.2, 0.25) is 11.8 Å². The van der Waals surface area contributed by atoms with Gasteiger partial charge in [-0.05, 0) is 55.5 Å². The van der Waals surface area contributed by atoms with E-state index in [0.29, 0.717) is 12.0 Å². The van der Waals surface area contributed by atoms with E-state index in [2.05, 4.69) is 5.32 Å². The summed E-state index contributed by atoms with van der Waals surface area (Å²) < 4.78 is 0. The Labute approximate surface area is 226 Å². The van der Waals surface area contributed by atoms with Gasteiger partial charge in [0, 0.05) is 12.0 Å². The smallest absolute Gasteiger partial charge is 0.242 e. The summed E-state index contributed by atoms with van der Waals surface area (Å²) in [4.78, 5) is 23.4. The van der Waals surface area contributed by atoms with Crippen molar-refractivity contribution in [1.82, 2.24) is 5.32 Å². The van der Waals surface area contributed by atoms with Crippen LogP contribution in [0.5, 0.6) is 5.75 Å². The number of thioether (sulfide) groups is 1. The zero-order valence-corrected chi connectivity index (χ0v) is 22.5. The van der Waals surface area contributed by atoms with Crippen LogP contribution >= 0.6 is 11.8 Å². The van der Waals surface area contributed by atoms with Crippen molar-refractivity contribution < 1.29 is 35.1 Å². The lowest BCUT2D eigenvalue weighted by Crippen LogP contribution is -2.52. The van der Waals surface area contributed by atoms with Crippen LogP contribution in [0.1, 0.15) is 53.3 Å². The summed E-state index contributed by atoms with van der Waals surface area (Å²) in [7, 11) is 0. The van der Waals surface area contributed by atoms with Crippen LogP contribution in [0.2, 0.25) is 0 Å². The number of hydrogen-bond donors (Lipinski definition) is 7. The van der Waals surface area contributed by atoms with Crippen molar-refractivity contribution in [3.63, 3.8) is 0 Å². The number of hydrogen-bond acceptors (Lipinski definition) is 8. The zero-order valence-electron chi connectivity index (χ0n) is 21.7. The summed E-state index contributed by atoms with van der Waals surface area (Å²) in [6, 6.07) is 11.1. The summed E-state index contributed by atoms with van der Waals surface area (Å²) in [5.41, 5.74) is 8.26. The molecule has 0 spiro atoms. The molecule has 5 atom stereocenters. The Morgan fingerprint density at radius 3 is 2.34 bits per heavy atom. The number of phenolic OH excluding ortho intramolecular Hbond substituents is 1. The molecule has 0 aromatic heterocycles. The van der Waals surface area contributed by atoms with Gasteiger partial charge in [-0.15, -0.1) is 11.8 Å². The van der Waals surface area contributed by atoms with Gasteiger partial charge in [0.15, 0.2) is 0 Å². The third-order valence-corrected chi connectivity index (χ3v) is 8.34. The molecule has 1 aliphatic heterocycles. The standard InChI is InChI=1S/C28H36N2O7S/c1-15-11-20(32)19(26-25(36)24(35)23(34)21(14-31)38-26)13-18(15)12-17-9-7-16(8-10-17)5-4-6-22(33)30-28(2,3)27(29)37/h4-5,7-11,13,21,23-26,31-32,34-36H,6,12,14H2,1-3H3,(H2,29,37)(H,30,33)/b5-4+/t21-,23-,24+,25-,26+/m1/s1. The number of nitrogens with one attached hydrogen (secondary N) is 1. The topological polar surface area (TPSA) is 173 Å². The maximum absolute atomic E-state index is 12.1. The largest absolute Gasteiger partial charge is 0.508 e. The van der Waals surface area contributed by atoms with E-state index in [9.17, 15) is 35.1 Å². The van der Waals surface area contributed by atoms with Crippen LogP contribution in [-0.2, 0) is 16.0 Å². The maximum atomic E-state index is 12.1. The van der Waals surface area contributed by atoms with Crippen LogP contribution in [0.3, 0.4) is 0 Å². The highest BCUT2D eigenvalue weighted by atomic mass is 32.2. The molecule has 1 saturated heterocycles. The van der Waals surface area contributed by atoms with Crippen LogP contribution in [0.15, 0.2) is 42.5 Å². The van der Waals surface area contributed by atoms with Crippen molar-refractivity contribution in [2.75, 3.05) is 6.61 Å². The first-order valence-electron chi connectivity index (χ1n) is 12.3. The molecular weight excluding hydrogens is 508 g/mol. The van der Waals surface area contributed by atoms with Gasteiger partial charge in [-0.3, -0.25) is 9.59 Å². The normalized spacial score (nSPS) is 23.9. The third-order valence-electron chi connectivity index (χ3n) is 6.74. The van der Waals surface area contributed by atoms with Crippen molar-refractivity contribution in [1.29, 1.82) is 0 Å². The molecule has 206 valence electrons. The van der Waals surface area contributed by atoms with Gasteiger partial charge in [-0.1, -0.05) is 42.5 Å². The van der Waals surface area contributed by atoms with Gasteiger partial charge < -0.3 is 36.6 Å². The highest BCUT2D eigenvalue weighted by Crippen LogP contribution is 2.46. The predicted molar refractivity (Wildman–Crippen MR) is 146 cm³/mol. The molecule has 2 aromatic rings. The van der Waals surface area contributed by atoms with Crippen molar-refractivity contribution in [2.45, 2.75) is 68.0 Å². The van der Waals surface area contributed by atoms with Crippen molar-refractivity contribution in [3.8, 4) is 5.75 Å². The molecule has 0 aliphatic carbocycles. The minimum Gasteiger partial charge on any atom is -0.508 e. The molecule has 2 aromatic carbocycles. The molecular formula is C28H36N2O7S. The summed E-state index contributed by atoms with van der Waals surface area (Å²) in [5, 5.41) is 52.3. The molecule has 0 bridgehead atoms. The first-order chi connectivity index (χ1) is 17.8. The quantitative estimate of drug-likeness (QED) is 0.247. The number of nitrogens with two attached hydrogens (primary N) is 1. The Morgan fingerprint density at radius 1 is 1.08 bits per heavy atom. The lowest BCUT2D eigenvalue weighted by molar-refractivity contribution is -0.129. The number of aliphatic hydroxyl groups is 4. The molecule has 10 heteroatoms. The van der Waals surface area contributed by atoms with Gasteiger partial charge in [-0.25, -0.2) is 0 Å². The highest BCUT2D eigenvalue weighted by Gasteiger charge is 2.44. The minimum atomic E-state index is -1.44. The van der Waals surface area contributed by atoms with Gasteiger partial charge >= 0.3 is 0 Å². The van der Waals surface area contributed by atoms with Crippen LogP contribution in [0, 0.1) is 6.92 Å². The minimum absolute atomic E-state index is 0.0215. The van der Waals surface area contributed by atoms with Crippen LogP contribution in [0.4, 0.5) is 0 Å². The second-order valence-electron chi connectivity index (χ2n) is 10.1. The Balaban J connectivity index is 1.70. The van der Waals surface area contributed by atoms with Gasteiger partial charge in [0.05, 0.1) is 29.3 Å². The molecule has 38 heavy (non-hydrogen) atoms. The van der Waals surface area contributed by atoms with E-state index in [0.717, 1.165) is 34.0 Å². The number of benzene rings is 2. The molecule has 8 N–H and O–H groups in total. The summed E-state index contributed by atoms with van der Waals surface area (Å²) in [6.07, 6.45) is 0.141. The fourth-order valence-electron chi connectivity index (χ4n) is 4.26.